The van der Waals surface area contributed by atoms with Crippen molar-refractivity contribution in [3.05, 3.63) is 78.5 Å². The first-order valence-electron chi connectivity index (χ1n) is 7.64. The number of aromatic nitrogens is 1. The van der Waals surface area contributed by atoms with Crippen molar-refractivity contribution in [1.82, 2.24) is 3.97 Å². The van der Waals surface area contributed by atoms with Gasteiger partial charge >= 0.3 is 0 Å². The summed E-state index contributed by atoms with van der Waals surface area (Å²) in [5.74, 6) is 0. The molecule has 1 N–H and O–H groups in total. The average molecular weight is 341 g/mol. The molecule has 0 aliphatic carbocycles. The fourth-order valence-corrected chi connectivity index (χ4v) is 4.18. The van der Waals surface area contributed by atoms with Crippen molar-refractivity contribution in [2.45, 2.75) is 24.3 Å². The van der Waals surface area contributed by atoms with Gasteiger partial charge in [0.05, 0.1) is 16.5 Å². The van der Waals surface area contributed by atoms with Crippen molar-refractivity contribution >= 4 is 20.9 Å². The molecule has 24 heavy (non-hydrogen) atoms. The summed E-state index contributed by atoms with van der Waals surface area (Å²) in [6.45, 7) is 5.66. The lowest BCUT2D eigenvalue weighted by Gasteiger charge is -2.09. The summed E-state index contributed by atoms with van der Waals surface area (Å²) in [5.41, 5.74) is 1.98. The van der Waals surface area contributed by atoms with E-state index in [1.807, 2.05) is 19.1 Å². The predicted octanol–water partition coefficient (Wildman–Crippen LogP) is 3.88. The van der Waals surface area contributed by atoms with Gasteiger partial charge in [0.25, 0.3) is 10.0 Å². The number of hydrogen-bond acceptors (Lipinski definition) is 3. The lowest BCUT2D eigenvalue weighted by atomic mass is 10.0. The Morgan fingerprint density at radius 3 is 2.42 bits per heavy atom. The molecule has 1 atom stereocenters. The normalized spacial score (nSPS) is 13.1. The van der Waals surface area contributed by atoms with Crippen LogP contribution in [0.15, 0.2) is 77.8 Å². The molecule has 0 radical (unpaired) electrons. The van der Waals surface area contributed by atoms with Crippen molar-refractivity contribution in [1.29, 1.82) is 0 Å². The SMILES string of the molecule is C=C(C)CC(O)c1cn(S(=O)(=O)c2ccccc2)c2ccccc12. The Kier molecular flexibility index (Phi) is 4.30. The van der Waals surface area contributed by atoms with Gasteiger partial charge in [-0.05, 0) is 31.5 Å². The van der Waals surface area contributed by atoms with Crippen LogP contribution in [0.25, 0.3) is 10.9 Å². The van der Waals surface area contributed by atoms with Gasteiger partial charge in [-0.1, -0.05) is 42.0 Å². The van der Waals surface area contributed by atoms with Crippen molar-refractivity contribution in [2.24, 2.45) is 0 Å². The smallest absolute Gasteiger partial charge is 0.268 e. The molecule has 0 saturated heterocycles. The third-order valence-electron chi connectivity index (χ3n) is 3.91. The highest BCUT2D eigenvalue weighted by atomic mass is 32.2. The van der Waals surface area contributed by atoms with Gasteiger partial charge in [0.2, 0.25) is 0 Å². The molecule has 1 unspecified atom stereocenters. The van der Waals surface area contributed by atoms with Crippen LogP contribution in [0, 0.1) is 0 Å². The van der Waals surface area contributed by atoms with E-state index in [1.54, 1.807) is 42.5 Å². The summed E-state index contributed by atoms with van der Waals surface area (Å²) in [5, 5.41) is 11.2. The van der Waals surface area contributed by atoms with E-state index in [0.717, 1.165) is 11.0 Å². The molecule has 0 aliphatic rings. The zero-order valence-electron chi connectivity index (χ0n) is 13.4. The Hall–Kier alpha value is -2.37. The summed E-state index contributed by atoms with van der Waals surface area (Å²) in [4.78, 5) is 0.215. The highest BCUT2D eigenvalue weighted by molar-refractivity contribution is 7.90. The van der Waals surface area contributed by atoms with Crippen LogP contribution in [-0.2, 0) is 10.0 Å². The molecule has 1 aromatic heterocycles. The number of benzene rings is 2. The van der Waals surface area contributed by atoms with Gasteiger partial charge in [-0.2, -0.15) is 0 Å². The van der Waals surface area contributed by atoms with Crippen molar-refractivity contribution in [3.63, 3.8) is 0 Å². The maximum absolute atomic E-state index is 13.0. The molecule has 4 nitrogen and oxygen atoms in total. The predicted molar refractivity (Wildman–Crippen MR) is 95.4 cm³/mol. The number of hydrogen-bond donors (Lipinski definition) is 1. The molecule has 0 fully saturated rings. The van der Waals surface area contributed by atoms with Crippen LogP contribution in [-0.4, -0.2) is 17.5 Å². The van der Waals surface area contributed by atoms with Crippen molar-refractivity contribution in [2.75, 3.05) is 0 Å². The first kappa shape index (κ1) is 16.5. The van der Waals surface area contributed by atoms with Gasteiger partial charge < -0.3 is 5.11 Å². The molecule has 0 bridgehead atoms. The number of aliphatic hydroxyl groups is 1. The van der Waals surface area contributed by atoms with E-state index in [1.165, 1.54) is 10.2 Å². The number of nitrogens with zero attached hydrogens (tertiary/aromatic N) is 1. The maximum Gasteiger partial charge on any atom is 0.268 e. The standard InChI is InChI=1S/C19H19NO3S/c1-14(2)12-19(21)17-13-20(18-11-7-6-10-16(17)18)24(22,23)15-8-4-3-5-9-15/h3-11,13,19,21H,1,12H2,2H3. The van der Waals surface area contributed by atoms with Crippen LogP contribution >= 0.6 is 0 Å². The van der Waals surface area contributed by atoms with Crippen molar-refractivity contribution < 1.29 is 13.5 Å². The Balaban J connectivity index is 2.21. The highest BCUT2D eigenvalue weighted by Crippen LogP contribution is 2.32. The van der Waals surface area contributed by atoms with E-state index in [2.05, 4.69) is 6.58 Å². The van der Waals surface area contributed by atoms with Gasteiger partial charge in [-0.15, -0.1) is 6.58 Å². The molecule has 1 heterocycles. The van der Waals surface area contributed by atoms with E-state index in [0.29, 0.717) is 17.5 Å². The van der Waals surface area contributed by atoms with Crippen LogP contribution in [0.3, 0.4) is 0 Å². The molecule has 3 rings (SSSR count). The maximum atomic E-state index is 13.0. The molecule has 124 valence electrons. The van der Waals surface area contributed by atoms with Crippen LogP contribution in [0.2, 0.25) is 0 Å². The fourth-order valence-electron chi connectivity index (χ4n) is 2.79. The minimum absolute atomic E-state index is 0.215. The summed E-state index contributed by atoms with van der Waals surface area (Å²) >= 11 is 0. The Morgan fingerprint density at radius 1 is 1.12 bits per heavy atom. The van der Waals surface area contributed by atoms with Gasteiger partial charge in [0, 0.05) is 17.1 Å². The summed E-state index contributed by atoms with van der Waals surface area (Å²) in [6.07, 6.45) is 1.11. The first-order valence-corrected chi connectivity index (χ1v) is 9.08. The second-order valence-corrected chi connectivity index (χ2v) is 7.71. The van der Waals surface area contributed by atoms with Gasteiger partial charge in [-0.3, -0.25) is 0 Å². The molecular weight excluding hydrogens is 322 g/mol. The second-order valence-electron chi connectivity index (χ2n) is 5.89. The van der Waals surface area contributed by atoms with E-state index < -0.39 is 16.1 Å². The van der Waals surface area contributed by atoms with E-state index in [4.69, 9.17) is 0 Å². The minimum Gasteiger partial charge on any atom is -0.388 e. The van der Waals surface area contributed by atoms with E-state index >= 15 is 0 Å². The lowest BCUT2D eigenvalue weighted by Crippen LogP contribution is -2.11. The summed E-state index contributed by atoms with van der Waals surface area (Å²) < 4.78 is 27.2. The number of fused-ring (bicyclic) bond motifs is 1. The monoisotopic (exact) mass is 341 g/mol. The quantitative estimate of drug-likeness (QED) is 0.717. The lowest BCUT2D eigenvalue weighted by molar-refractivity contribution is 0.180. The average Bonchev–Trinajstić information content (AvgIpc) is 2.95. The van der Waals surface area contributed by atoms with Gasteiger partial charge in [-0.25, -0.2) is 12.4 Å². The largest absolute Gasteiger partial charge is 0.388 e. The molecule has 2 aromatic carbocycles. The fraction of sp³-hybridized carbons (Fsp3) is 0.158. The molecule has 5 heteroatoms. The Bertz CT molecular complexity index is 988. The van der Waals surface area contributed by atoms with Crippen LogP contribution < -0.4 is 0 Å². The Morgan fingerprint density at radius 2 is 1.75 bits per heavy atom. The topological polar surface area (TPSA) is 59.3 Å². The summed E-state index contributed by atoms with van der Waals surface area (Å²) in [7, 11) is -3.72. The van der Waals surface area contributed by atoms with Crippen LogP contribution in [0.5, 0.6) is 0 Å². The molecule has 0 spiro atoms. The molecule has 0 aliphatic heterocycles. The first-order chi connectivity index (χ1) is 11.4. The zero-order valence-corrected chi connectivity index (χ0v) is 14.2. The third-order valence-corrected chi connectivity index (χ3v) is 5.60. The van der Waals surface area contributed by atoms with Gasteiger partial charge in [0.1, 0.15) is 0 Å². The molecular formula is C19H19NO3S. The van der Waals surface area contributed by atoms with Gasteiger partial charge in [0.15, 0.2) is 0 Å². The molecule has 0 saturated carbocycles. The molecule has 0 amide bonds. The van der Waals surface area contributed by atoms with Crippen LogP contribution in [0.4, 0.5) is 0 Å². The van der Waals surface area contributed by atoms with E-state index in [-0.39, 0.29) is 4.90 Å². The Labute approximate surface area is 141 Å². The minimum atomic E-state index is -3.72. The van der Waals surface area contributed by atoms with Crippen molar-refractivity contribution in [3.8, 4) is 0 Å². The third kappa shape index (κ3) is 2.88. The van der Waals surface area contributed by atoms with Crippen LogP contribution in [0.1, 0.15) is 25.0 Å². The zero-order chi connectivity index (χ0) is 17.3. The highest BCUT2D eigenvalue weighted by Gasteiger charge is 2.23. The number of rotatable bonds is 5. The molecule has 3 aromatic rings. The number of aliphatic hydroxyl groups excluding tert-OH is 1. The van der Waals surface area contributed by atoms with E-state index in [9.17, 15) is 13.5 Å². The summed E-state index contributed by atoms with van der Waals surface area (Å²) in [6, 6.07) is 15.5. The number of para-hydroxylation sites is 1. The second kappa shape index (κ2) is 6.26.